The third-order valence-electron chi connectivity index (χ3n) is 9.13. The lowest BCUT2D eigenvalue weighted by Crippen LogP contribution is -2.45. The molecule has 0 aromatic heterocycles. The van der Waals surface area contributed by atoms with Crippen LogP contribution in [0, 0.1) is 0 Å². The SMILES string of the molecule is CCCCC/C=C\C/C=C\CCCCCCCC(=O)C1CC(CCCO)OC(C(=O)CCCCCCC/C=C\C/C=C\CCCCC)O1. The maximum Gasteiger partial charge on any atom is 0.218 e. The fraction of sp³-hybridized carbons (Fsp3) is 0.767. The Morgan fingerprint density at radius 1 is 0.542 bits per heavy atom. The lowest BCUT2D eigenvalue weighted by atomic mass is 9.98. The fourth-order valence-electron chi connectivity index (χ4n) is 6.07. The lowest BCUT2D eigenvalue weighted by Gasteiger charge is -2.34. The van der Waals surface area contributed by atoms with Crippen molar-refractivity contribution in [3.8, 4) is 0 Å². The second kappa shape index (κ2) is 33.7. The highest BCUT2D eigenvalue weighted by atomic mass is 16.7. The zero-order valence-electron chi connectivity index (χ0n) is 31.2. The molecule has 276 valence electrons. The summed E-state index contributed by atoms with van der Waals surface area (Å²) in [5, 5.41) is 9.32. The van der Waals surface area contributed by atoms with Crippen LogP contribution in [0.1, 0.15) is 187 Å². The molecule has 1 fully saturated rings. The Hall–Kier alpha value is -1.82. The Balaban J connectivity index is 2.21. The molecule has 1 rings (SSSR count). The van der Waals surface area contributed by atoms with E-state index in [2.05, 4.69) is 62.5 Å². The Morgan fingerprint density at radius 3 is 1.46 bits per heavy atom. The molecule has 1 saturated heterocycles. The molecule has 0 aromatic carbocycles. The van der Waals surface area contributed by atoms with E-state index < -0.39 is 12.4 Å². The minimum atomic E-state index is -0.952. The standard InChI is InChI=1S/C43H74O5/c1-3-5-7-9-11-13-15-17-19-21-23-25-27-29-31-35-40(45)42-38-39(34-33-37-44)47-43(48-42)41(46)36-32-30-28-26-24-22-20-18-16-14-12-10-8-6-4-2/h11-14,17-20,39,42-44H,3-10,15-16,21-38H2,1-2H3/b13-11-,14-12-,19-17-,20-18-. The highest BCUT2D eigenvalue weighted by Gasteiger charge is 2.36. The Bertz CT molecular complexity index is 806. The predicted molar refractivity (Wildman–Crippen MR) is 203 cm³/mol. The summed E-state index contributed by atoms with van der Waals surface area (Å²) in [4.78, 5) is 26.1. The van der Waals surface area contributed by atoms with Crippen molar-refractivity contribution >= 4 is 11.6 Å². The number of allylic oxidation sites excluding steroid dienone is 8. The zero-order valence-corrected chi connectivity index (χ0v) is 31.2. The van der Waals surface area contributed by atoms with Crippen LogP contribution in [-0.4, -0.2) is 41.8 Å². The van der Waals surface area contributed by atoms with Crippen LogP contribution in [0.25, 0.3) is 0 Å². The predicted octanol–water partition coefficient (Wildman–Crippen LogP) is 12.0. The van der Waals surface area contributed by atoms with Gasteiger partial charge in [-0.05, 0) is 89.9 Å². The molecule has 0 spiro atoms. The van der Waals surface area contributed by atoms with E-state index in [1.807, 2.05) is 0 Å². The van der Waals surface area contributed by atoms with Gasteiger partial charge in [0.05, 0.1) is 6.10 Å². The molecule has 48 heavy (non-hydrogen) atoms. The number of aliphatic hydroxyl groups is 1. The summed E-state index contributed by atoms with van der Waals surface area (Å²) >= 11 is 0. The van der Waals surface area contributed by atoms with Crippen LogP contribution in [-0.2, 0) is 19.1 Å². The van der Waals surface area contributed by atoms with Crippen molar-refractivity contribution in [1.29, 1.82) is 0 Å². The van der Waals surface area contributed by atoms with Crippen LogP contribution in [0.3, 0.4) is 0 Å². The van der Waals surface area contributed by atoms with Gasteiger partial charge in [-0.25, -0.2) is 0 Å². The van der Waals surface area contributed by atoms with Crippen LogP contribution in [0.5, 0.6) is 0 Å². The number of Topliss-reactive ketones (excluding diaryl/α,β-unsaturated/α-hetero) is 2. The topological polar surface area (TPSA) is 72.8 Å². The molecule has 1 heterocycles. The van der Waals surface area contributed by atoms with Crippen molar-refractivity contribution < 1.29 is 24.2 Å². The third kappa shape index (κ3) is 26.1. The van der Waals surface area contributed by atoms with Crippen LogP contribution < -0.4 is 0 Å². The Kier molecular flexibility index (Phi) is 31.0. The number of unbranched alkanes of at least 4 members (excludes halogenated alkanes) is 16. The molecule has 0 bridgehead atoms. The number of hydrogen-bond donors (Lipinski definition) is 1. The smallest absolute Gasteiger partial charge is 0.218 e. The molecule has 0 amide bonds. The quantitative estimate of drug-likeness (QED) is 0.0556. The first-order valence-electron chi connectivity index (χ1n) is 20.2. The molecule has 3 atom stereocenters. The van der Waals surface area contributed by atoms with Crippen LogP contribution in [0.4, 0.5) is 0 Å². The first-order chi connectivity index (χ1) is 23.6. The second-order valence-electron chi connectivity index (χ2n) is 13.7. The van der Waals surface area contributed by atoms with Gasteiger partial charge in [-0.15, -0.1) is 0 Å². The van der Waals surface area contributed by atoms with Gasteiger partial charge in [0.15, 0.2) is 11.6 Å². The zero-order chi connectivity index (χ0) is 34.8. The number of aliphatic hydroxyl groups excluding tert-OH is 1. The Morgan fingerprint density at radius 2 is 0.979 bits per heavy atom. The molecule has 0 radical (unpaired) electrons. The highest BCUT2D eigenvalue weighted by Crippen LogP contribution is 2.26. The van der Waals surface area contributed by atoms with Gasteiger partial charge in [0.2, 0.25) is 6.29 Å². The summed E-state index contributed by atoms with van der Waals surface area (Å²) in [6.45, 7) is 4.56. The molecule has 1 aliphatic heterocycles. The molecule has 3 unspecified atom stereocenters. The number of ether oxygens (including phenoxy) is 2. The lowest BCUT2D eigenvalue weighted by molar-refractivity contribution is -0.233. The molecule has 0 aliphatic carbocycles. The minimum Gasteiger partial charge on any atom is -0.396 e. The Labute approximate surface area is 296 Å². The van der Waals surface area contributed by atoms with E-state index in [-0.39, 0.29) is 24.3 Å². The normalized spacial score (nSPS) is 18.7. The summed E-state index contributed by atoms with van der Waals surface area (Å²) in [5.41, 5.74) is 0. The fourth-order valence-corrected chi connectivity index (χ4v) is 6.07. The first kappa shape index (κ1) is 44.2. The summed E-state index contributed by atoms with van der Waals surface area (Å²) < 4.78 is 11.9. The van der Waals surface area contributed by atoms with Gasteiger partial charge in [-0.1, -0.05) is 127 Å². The van der Waals surface area contributed by atoms with E-state index in [1.54, 1.807) is 0 Å². The molecule has 1 N–H and O–H groups in total. The summed E-state index contributed by atoms with van der Waals surface area (Å²) in [7, 11) is 0. The summed E-state index contributed by atoms with van der Waals surface area (Å²) in [6, 6.07) is 0. The van der Waals surface area contributed by atoms with E-state index in [9.17, 15) is 14.7 Å². The number of carbonyl (C=O) groups is 2. The van der Waals surface area contributed by atoms with Gasteiger partial charge in [-0.2, -0.15) is 0 Å². The van der Waals surface area contributed by atoms with Gasteiger partial charge in [0, 0.05) is 25.9 Å². The number of rotatable bonds is 33. The van der Waals surface area contributed by atoms with Crippen molar-refractivity contribution in [3.05, 3.63) is 48.6 Å². The van der Waals surface area contributed by atoms with Crippen molar-refractivity contribution in [1.82, 2.24) is 0 Å². The number of hydrogen-bond acceptors (Lipinski definition) is 5. The van der Waals surface area contributed by atoms with E-state index >= 15 is 0 Å². The number of carbonyl (C=O) groups excluding carboxylic acids is 2. The number of ketones is 2. The molecule has 1 aliphatic rings. The van der Waals surface area contributed by atoms with Crippen molar-refractivity contribution in [3.63, 3.8) is 0 Å². The monoisotopic (exact) mass is 671 g/mol. The maximum absolute atomic E-state index is 13.1. The average Bonchev–Trinajstić information content (AvgIpc) is 3.10. The van der Waals surface area contributed by atoms with Crippen molar-refractivity contribution in [2.24, 2.45) is 0 Å². The molecule has 0 saturated carbocycles. The first-order valence-corrected chi connectivity index (χ1v) is 20.2. The van der Waals surface area contributed by atoms with Crippen molar-refractivity contribution in [2.75, 3.05) is 6.61 Å². The van der Waals surface area contributed by atoms with E-state index in [4.69, 9.17) is 9.47 Å². The molecular weight excluding hydrogens is 596 g/mol. The molecular formula is C43H74O5. The van der Waals surface area contributed by atoms with Crippen LogP contribution in [0.15, 0.2) is 48.6 Å². The van der Waals surface area contributed by atoms with Crippen molar-refractivity contribution in [2.45, 2.75) is 206 Å². The second-order valence-corrected chi connectivity index (χ2v) is 13.7. The molecule has 0 aromatic rings. The maximum atomic E-state index is 13.1. The largest absolute Gasteiger partial charge is 0.396 e. The van der Waals surface area contributed by atoms with Gasteiger partial charge < -0.3 is 14.6 Å². The van der Waals surface area contributed by atoms with E-state index in [0.717, 1.165) is 64.2 Å². The summed E-state index contributed by atoms with van der Waals surface area (Å²) in [6.07, 6.45) is 44.4. The summed E-state index contributed by atoms with van der Waals surface area (Å²) in [5.74, 6) is 0.0389. The van der Waals surface area contributed by atoms with Gasteiger partial charge in [0.25, 0.3) is 0 Å². The van der Waals surface area contributed by atoms with Crippen LogP contribution >= 0.6 is 0 Å². The highest BCUT2D eigenvalue weighted by molar-refractivity contribution is 5.85. The third-order valence-corrected chi connectivity index (χ3v) is 9.13. The average molecular weight is 671 g/mol. The van der Waals surface area contributed by atoms with Crippen LogP contribution in [0.2, 0.25) is 0 Å². The molecule has 5 nitrogen and oxygen atoms in total. The van der Waals surface area contributed by atoms with Gasteiger partial charge in [0.1, 0.15) is 6.10 Å². The van der Waals surface area contributed by atoms with Gasteiger partial charge >= 0.3 is 0 Å². The minimum absolute atomic E-state index is 0.0516. The van der Waals surface area contributed by atoms with E-state index in [1.165, 1.54) is 77.0 Å². The van der Waals surface area contributed by atoms with E-state index in [0.29, 0.717) is 32.1 Å². The molecule has 5 heteroatoms. The van der Waals surface area contributed by atoms with Gasteiger partial charge in [-0.3, -0.25) is 9.59 Å².